The Hall–Kier alpha value is -11.1. The van der Waals surface area contributed by atoms with E-state index in [-0.39, 0.29) is 169 Å². The third-order valence-corrected chi connectivity index (χ3v) is 21.4. The number of likely N-dealkylation sites (tertiary alicyclic amines) is 1. The van der Waals surface area contributed by atoms with Crippen LogP contribution in [0.4, 0.5) is 4.79 Å². The maximum absolute atomic E-state index is 13.6. The van der Waals surface area contributed by atoms with Crippen LogP contribution in [0.2, 0.25) is 0 Å². The van der Waals surface area contributed by atoms with Crippen molar-refractivity contribution >= 4 is 130 Å². The number of carbonyl (C=O) groups excluding carboxylic acids is 17. The maximum atomic E-state index is 13.6. The molecule has 0 radical (unpaired) electrons. The van der Waals surface area contributed by atoms with Crippen molar-refractivity contribution in [2.75, 3.05) is 51.6 Å². The number of Topliss-reactive ketones (excluding diaryl/α,β-unsaturated/α-hetero) is 5. The number of carbonyl (C=O) groups is 19. The Morgan fingerprint density at radius 2 is 0.952 bits per heavy atom. The van der Waals surface area contributed by atoms with E-state index in [0.29, 0.717) is 125 Å². The van der Waals surface area contributed by atoms with Gasteiger partial charge < -0.3 is 58.1 Å². The number of ketones is 5. The summed E-state index contributed by atoms with van der Waals surface area (Å²) in [7, 11) is 0. The van der Waals surface area contributed by atoms with E-state index in [2.05, 4.69) is 31.9 Å². The molecule has 0 saturated carbocycles. The van der Waals surface area contributed by atoms with Crippen molar-refractivity contribution in [3.8, 4) is 0 Å². The molecule has 7 atom stereocenters. The van der Waals surface area contributed by atoms with Crippen LogP contribution in [0.3, 0.4) is 0 Å². The molecule has 15 N–H and O–H groups in total. The summed E-state index contributed by atoms with van der Waals surface area (Å²) in [6.07, 6.45) is 10.9. The highest BCUT2D eigenvalue weighted by Gasteiger charge is 2.40. The normalized spacial score (nSPS) is 13.4. The van der Waals surface area contributed by atoms with Gasteiger partial charge in [0.05, 0.1) is 35.7 Å². The Labute approximate surface area is 737 Å². The molecule has 2 aromatic carbocycles. The second-order valence-electron chi connectivity index (χ2n) is 30.6. The molecular weight excluding hydrogens is 1670 g/mol. The highest BCUT2D eigenvalue weighted by atomic mass is 32.2. The predicted molar refractivity (Wildman–Crippen MR) is 454 cm³/mol. The summed E-state index contributed by atoms with van der Waals surface area (Å²) >= 11 is 0.854. The molecule has 11 amide bonds. The monoisotopic (exact) mass is 1800 g/mol. The number of hydrogen-bond acceptors (Lipinski definition) is 26. The fourth-order valence-corrected chi connectivity index (χ4v) is 14.1. The zero-order valence-electron chi connectivity index (χ0n) is 72.4. The van der Waals surface area contributed by atoms with Gasteiger partial charge in [0, 0.05) is 154 Å². The van der Waals surface area contributed by atoms with Crippen molar-refractivity contribution in [2.45, 2.75) is 281 Å². The number of nitrogens with two attached hydrogens (primary N) is 1. The molecule has 0 aliphatic carbocycles. The molecule has 3 rings (SSSR count). The van der Waals surface area contributed by atoms with Gasteiger partial charge in [-0.05, 0) is 108 Å². The topological polar surface area (TPSA) is 611 Å². The van der Waals surface area contributed by atoms with E-state index in [9.17, 15) is 117 Å². The number of carboxylic acid groups (broad SMARTS) is 4. The summed E-state index contributed by atoms with van der Waals surface area (Å²) < 4.78 is 0. The lowest BCUT2D eigenvalue weighted by Gasteiger charge is -2.22. The van der Waals surface area contributed by atoms with Gasteiger partial charge in [0.25, 0.3) is 0 Å². The molecule has 1 fully saturated rings. The molecule has 1 unspecified atom stereocenters. The van der Waals surface area contributed by atoms with Crippen LogP contribution in [0.25, 0.3) is 0 Å². The molecule has 0 bridgehead atoms. The Morgan fingerprint density at radius 3 is 1.47 bits per heavy atom. The second kappa shape index (κ2) is 67.3. The first-order chi connectivity index (χ1) is 59.9. The average molecular weight is 1800 g/mol. The molecule has 702 valence electrons. The third-order valence-electron chi connectivity index (χ3n) is 20.0. The molecular formula is C86H129N11O28S. The summed E-state index contributed by atoms with van der Waals surface area (Å²) in [5.74, 6) is -13.0. The number of imide groups is 1. The summed E-state index contributed by atoms with van der Waals surface area (Å²) in [5, 5.41) is 82.5. The SMILES string of the molecule is CC(=O)N(O)CCCCCCC(=O)CCC(=O)N(O)CCCCCNC(=O)CCC(=O)N(O)CCCCCCC(=O)CCN1C(=O)CC(SC[C@H](CC(=O)[C@H](CC(=O)O)NC(=O)[C@H](C)N)C(=O)O)C1=O.CCNC(=O)[C@@H](CC(=O)[C@H](Cc1ccccc1)NC(=O)CCCCCCCCC(=O)CC[C@H](NC(=O)NCCCC(=O)O)C(=O)O)Cc1ccccc1.O=C=O. The average Bonchev–Trinajstić information content (AvgIpc) is 1.67. The summed E-state index contributed by atoms with van der Waals surface area (Å²) in [6.45, 7) is 5.43. The van der Waals surface area contributed by atoms with Crippen molar-refractivity contribution in [1.29, 1.82) is 0 Å². The quantitative estimate of drug-likeness (QED) is 0.0158. The summed E-state index contributed by atoms with van der Waals surface area (Å²) in [5.41, 5.74) is 7.34. The number of thioether (sulfide) groups is 1. The van der Waals surface area contributed by atoms with Gasteiger partial charge >= 0.3 is 36.1 Å². The van der Waals surface area contributed by atoms with E-state index in [1.54, 1.807) is 0 Å². The molecule has 1 aliphatic rings. The van der Waals surface area contributed by atoms with Crippen LogP contribution >= 0.6 is 11.8 Å². The van der Waals surface area contributed by atoms with Gasteiger partial charge in [-0.2, -0.15) is 9.59 Å². The van der Waals surface area contributed by atoms with Gasteiger partial charge in [-0.15, -0.1) is 11.8 Å². The number of nitrogens with one attached hydrogen (secondary N) is 6. The van der Waals surface area contributed by atoms with Crippen LogP contribution in [-0.2, 0) is 109 Å². The number of aliphatic carboxylic acids is 4. The van der Waals surface area contributed by atoms with E-state index in [0.717, 1.165) is 66.3 Å². The van der Waals surface area contributed by atoms with Crippen LogP contribution < -0.4 is 37.6 Å². The molecule has 39 nitrogen and oxygen atoms in total. The van der Waals surface area contributed by atoms with Crippen molar-refractivity contribution < 1.29 is 137 Å². The van der Waals surface area contributed by atoms with Gasteiger partial charge in [-0.3, -0.25) is 102 Å². The predicted octanol–water partition coefficient (Wildman–Crippen LogP) is 5.94. The first kappa shape index (κ1) is 113. The molecule has 1 heterocycles. The Kier molecular flexibility index (Phi) is 60.3. The minimum absolute atomic E-state index is 0.00672. The molecule has 1 aliphatic heterocycles. The molecule has 0 spiro atoms. The smallest absolute Gasteiger partial charge is 0.373 e. The number of carboxylic acids is 4. The van der Waals surface area contributed by atoms with Crippen molar-refractivity contribution in [2.24, 2.45) is 17.6 Å². The van der Waals surface area contributed by atoms with Crippen LogP contribution in [0.5, 0.6) is 0 Å². The van der Waals surface area contributed by atoms with Gasteiger partial charge in [0.2, 0.25) is 53.2 Å². The molecule has 126 heavy (non-hydrogen) atoms. The first-order valence-corrected chi connectivity index (χ1v) is 43.9. The van der Waals surface area contributed by atoms with Gasteiger partial charge in [-0.25, -0.2) is 24.8 Å². The zero-order valence-corrected chi connectivity index (χ0v) is 73.2. The van der Waals surface area contributed by atoms with E-state index >= 15 is 0 Å². The minimum atomic E-state index is -1.52. The number of benzene rings is 2. The Bertz CT molecular complexity index is 3830. The van der Waals surface area contributed by atoms with Crippen LogP contribution in [-0.4, -0.2) is 255 Å². The number of nitrogens with zero attached hydrogens (tertiary/aromatic N) is 4. The Morgan fingerprint density at radius 1 is 0.476 bits per heavy atom. The minimum Gasteiger partial charge on any atom is -0.481 e. The maximum Gasteiger partial charge on any atom is 0.373 e. The van der Waals surface area contributed by atoms with E-state index in [1.807, 2.05) is 67.6 Å². The molecule has 2 aromatic rings. The molecule has 40 heteroatoms. The summed E-state index contributed by atoms with van der Waals surface area (Å²) in [6, 6.07) is 13.7. The van der Waals surface area contributed by atoms with Gasteiger partial charge in [-0.1, -0.05) is 112 Å². The molecule has 1 saturated heterocycles. The number of hydroxylamine groups is 6. The van der Waals surface area contributed by atoms with E-state index in [4.69, 9.17) is 25.5 Å². The van der Waals surface area contributed by atoms with E-state index in [1.165, 1.54) is 13.8 Å². The first-order valence-electron chi connectivity index (χ1n) is 42.9. The number of hydrogen-bond donors (Lipinski definition) is 14. The lowest BCUT2D eigenvalue weighted by Crippen LogP contribution is -2.48. The number of amides is 11. The number of rotatable bonds is 68. The van der Waals surface area contributed by atoms with E-state index < -0.39 is 125 Å². The fraction of sp³-hybridized carbons (Fsp3) is 0.628. The second-order valence-corrected chi connectivity index (χ2v) is 31.9. The van der Waals surface area contributed by atoms with Crippen molar-refractivity contribution in [3.63, 3.8) is 0 Å². The lowest BCUT2D eigenvalue weighted by molar-refractivity contribution is -0.192. The zero-order chi connectivity index (χ0) is 94.3. The van der Waals surface area contributed by atoms with Crippen molar-refractivity contribution in [3.05, 3.63) is 71.8 Å². The largest absolute Gasteiger partial charge is 0.481 e. The lowest BCUT2D eigenvalue weighted by atomic mass is 9.89. The van der Waals surface area contributed by atoms with Gasteiger partial charge in [0.15, 0.2) is 11.6 Å². The number of unbranched alkanes of at least 4 members (excludes halogenated alkanes) is 13. The molecule has 0 aromatic heterocycles. The van der Waals surface area contributed by atoms with Crippen LogP contribution in [0.1, 0.15) is 250 Å². The third kappa shape index (κ3) is 54.0. The van der Waals surface area contributed by atoms with Gasteiger partial charge in [0.1, 0.15) is 23.4 Å². The highest BCUT2D eigenvalue weighted by molar-refractivity contribution is 8.00. The standard InChI is InChI=1S/C45H73N7O17S.C40H56N4O9.CO2/c1-30(46)43(63)48-35(27-42(61)62)36(56)26-32(45(65)66)29-70-37-28-41(60)49(44(37)64)25-20-34(55)15-9-4-6-12-23-52(69)40(59)19-17-38(57)47-21-10-7-13-24-51(68)39(58)18-16-33(54)14-8-3-5-11-22-50(67)31(2)53;1-2-41-38(50)31(26-29-16-9-7-10-17-29)28-35(46)34(27-30-18-11-8-12-19-30)43-36(47)21-14-6-4-3-5-13-20-32(45)23-24-33(39(51)52)44-40(53)42-25-15-22-37(48)49;2-1-3/h30,32,35,37,67-69H,3-29,46H2,1-2H3,(H,47,57)(H,48,63)(H,61,62)(H,65,66);7-12,16-19,31,33-34H,2-6,13-15,20-28H2,1H3,(H,41,50)(H,43,47)(H,48,49)(H,51,52)(H2,42,44,53);/t30-,32-,35-,37?;31-,33+,34+;/m01./s1. The fourth-order valence-electron chi connectivity index (χ4n) is 12.8. The highest BCUT2D eigenvalue weighted by Crippen LogP contribution is 2.29. The number of urea groups is 1. The Balaban J connectivity index is 0.00000126. The summed E-state index contributed by atoms with van der Waals surface area (Å²) in [4.78, 5) is 249. The van der Waals surface area contributed by atoms with Crippen LogP contribution in [0.15, 0.2) is 60.7 Å². The van der Waals surface area contributed by atoms with Crippen LogP contribution in [0, 0.1) is 11.8 Å². The van der Waals surface area contributed by atoms with Crippen molar-refractivity contribution in [1.82, 2.24) is 52.0 Å².